The second kappa shape index (κ2) is 4.86. The van der Waals surface area contributed by atoms with Crippen molar-refractivity contribution in [3.05, 3.63) is 56.5 Å². The highest BCUT2D eigenvalue weighted by Gasteiger charge is 2.10. The number of carboxylic acids is 1. The number of thiophene rings is 1. The Bertz CT molecular complexity index is 853. The Kier molecular flexibility index (Phi) is 3.03. The van der Waals surface area contributed by atoms with Gasteiger partial charge in [-0.3, -0.25) is 4.79 Å². The van der Waals surface area contributed by atoms with Gasteiger partial charge in [0.25, 0.3) is 5.56 Å². The number of carboxylic acid groups (broad SMARTS) is 1. The molecule has 100 valence electrons. The SMILES string of the molecule is O=C(O)c1ccc(Cn2nnc3ccccc3c2=O)s1. The topological polar surface area (TPSA) is 85.1 Å². The molecule has 0 atom stereocenters. The molecule has 0 radical (unpaired) electrons. The molecule has 0 amide bonds. The predicted octanol–water partition coefficient (Wildman–Crippen LogP) is 1.60. The minimum absolute atomic E-state index is 0.217. The molecule has 0 aliphatic heterocycles. The molecule has 20 heavy (non-hydrogen) atoms. The van der Waals surface area contributed by atoms with Crippen LogP contribution < -0.4 is 5.56 Å². The molecular formula is C13H9N3O3S. The Hall–Kier alpha value is -2.54. The maximum Gasteiger partial charge on any atom is 0.345 e. The number of rotatable bonds is 3. The third kappa shape index (κ3) is 2.19. The fourth-order valence-corrected chi connectivity index (χ4v) is 2.68. The van der Waals surface area contributed by atoms with E-state index >= 15 is 0 Å². The highest BCUT2D eigenvalue weighted by Crippen LogP contribution is 2.17. The second-order valence-electron chi connectivity index (χ2n) is 4.14. The van der Waals surface area contributed by atoms with E-state index in [1.54, 1.807) is 30.3 Å². The van der Waals surface area contributed by atoms with Crippen molar-refractivity contribution in [2.24, 2.45) is 0 Å². The molecule has 0 unspecified atom stereocenters. The van der Waals surface area contributed by atoms with Gasteiger partial charge < -0.3 is 5.11 Å². The van der Waals surface area contributed by atoms with Crippen LogP contribution in [0.1, 0.15) is 14.5 Å². The maximum atomic E-state index is 12.2. The quantitative estimate of drug-likeness (QED) is 0.791. The van der Waals surface area contributed by atoms with Crippen molar-refractivity contribution in [2.45, 2.75) is 6.54 Å². The van der Waals surface area contributed by atoms with Crippen LogP contribution in [0.4, 0.5) is 0 Å². The van der Waals surface area contributed by atoms with Gasteiger partial charge in [-0.1, -0.05) is 17.3 Å². The highest BCUT2D eigenvalue weighted by molar-refractivity contribution is 7.13. The molecule has 1 N–H and O–H groups in total. The van der Waals surface area contributed by atoms with E-state index in [2.05, 4.69) is 10.3 Å². The summed E-state index contributed by atoms with van der Waals surface area (Å²) in [6, 6.07) is 10.2. The Morgan fingerprint density at radius 3 is 2.80 bits per heavy atom. The Labute approximate surface area is 116 Å². The van der Waals surface area contributed by atoms with Crippen molar-refractivity contribution in [2.75, 3.05) is 0 Å². The standard InChI is InChI=1S/C13H9N3O3S/c17-12-9-3-1-2-4-10(9)14-15-16(12)7-8-5-6-11(20-8)13(18)19/h1-6H,7H2,(H,18,19). The fraction of sp³-hybridized carbons (Fsp3) is 0.0769. The lowest BCUT2D eigenvalue weighted by Crippen LogP contribution is -2.24. The van der Waals surface area contributed by atoms with Crippen molar-refractivity contribution in [3.8, 4) is 0 Å². The van der Waals surface area contributed by atoms with Crippen LogP contribution in [-0.4, -0.2) is 26.1 Å². The minimum Gasteiger partial charge on any atom is -0.477 e. The molecule has 0 aliphatic carbocycles. The van der Waals surface area contributed by atoms with Crippen LogP contribution in [0.2, 0.25) is 0 Å². The average Bonchev–Trinajstić information content (AvgIpc) is 2.91. The molecule has 0 fully saturated rings. The summed E-state index contributed by atoms with van der Waals surface area (Å²) in [4.78, 5) is 24.0. The molecule has 6 nitrogen and oxygen atoms in total. The summed E-state index contributed by atoms with van der Waals surface area (Å²) in [5, 5.41) is 17.2. The molecule has 0 saturated carbocycles. The zero-order valence-corrected chi connectivity index (χ0v) is 11.0. The van der Waals surface area contributed by atoms with Gasteiger partial charge >= 0.3 is 5.97 Å². The molecule has 2 aromatic heterocycles. The first-order chi connectivity index (χ1) is 9.65. The third-order valence-electron chi connectivity index (χ3n) is 2.81. The highest BCUT2D eigenvalue weighted by atomic mass is 32.1. The Morgan fingerprint density at radius 1 is 1.25 bits per heavy atom. The number of benzene rings is 1. The van der Waals surface area contributed by atoms with Crippen molar-refractivity contribution in [3.63, 3.8) is 0 Å². The summed E-state index contributed by atoms with van der Waals surface area (Å²) < 4.78 is 1.24. The Morgan fingerprint density at radius 2 is 2.05 bits per heavy atom. The number of hydrogen-bond acceptors (Lipinski definition) is 5. The molecule has 0 saturated heterocycles. The van der Waals surface area contributed by atoms with Crippen molar-refractivity contribution in [1.82, 2.24) is 15.0 Å². The van der Waals surface area contributed by atoms with E-state index in [4.69, 9.17) is 5.11 Å². The average molecular weight is 287 g/mol. The van der Waals surface area contributed by atoms with E-state index in [9.17, 15) is 9.59 Å². The van der Waals surface area contributed by atoms with Crippen LogP contribution in [0.3, 0.4) is 0 Å². The summed E-state index contributed by atoms with van der Waals surface area (Å²) >= 11 is 1.12. The first-order valence-electron chi connectivity index (χ1n) is 5.80. The van der Waals surface area contributed by atoms with Crippen LogP contribution in [0.15, 0.2) is 41.2 Å². The van der Waals surface area contributed by atoms with Crippen LogP contribution in [0, 0.1) is 0 Å². The van der Waals surface area contributed by atoms with Crippen LogP contribution in [0.25, 0.3) is 10.9 Å². The summed E-state index contributed by atoms with van der Waals surface area (Å²) in [5.41, 5.74) is 0.312. The van der Waals surface area contributed by atoms with Crippen molar-refractivity contribution in [1.29, 1.82) is 0 Å². The van der Waals surface area contributed by atoms with Crippen LogP contribution >= 0.6 is 11.3 Å². The van der Waals surface area contributed by atoms with Gasteiger partial charge in [0.1, 0.15) is 10.4 Å². The minimum atomic E-state index is -0.974. The van der Waals surface area contributed by atoms with Gasteiger partial charge in [0.15, 0.2) is 0 Å². The third-order valence-corrected chi connectivity index (χ3v) is 3.87. The molecule has 3 aromatic rings. The molecule has 7 heteroatoms. The number of aromatic carboxylic acids is 1. The van der Waals surface area contributed by atoms with Gasteiger partial charge in [0.05, 0.1) is 11.9 Å². The summed E-state index contributed by atoms with van der Waals surface area (Å²) in [6.07, 6.45) is 0. The number of nitrogens with zero attached hydrogens (tertiary/aromatic N) is 3. The number of aromatic nitrogens is 3. The first-order valence-corrected chi connectivity index (χ1v) is 6.61. The van der Waals surface area contributed by atoms with Crippen molar-refractivity contribution >= 4 is 28.2 Å². The Balaban J connectivity index is 2.00. The van der Waals surface area contributed by atoms with E-state index in [0.29, 0.717) is 10.9 Å². The number of hydrogen-bond donors (Lipinski definition) is 1. The summed E-state index contributed by atoms with van der Waals surface area (Å²) in [7, 11) is 0. The van der Waals surface area contributed by atoms with E-state index in [1.807, 2.05) is 0 Å². The predicted molar refractivity (Wildman–Crippen MR) is 74.2 cm³/mol. The van der Waals surface area contributed by atoms with Gasteiger partial charge in [-0.2, -0.15) is 0 Å². The smallest absolute Gasteiger partial charge is 0.345 e. The zero-order chi connectivity index (χ0) is 14.1. The maximum absolute atomic E-state index is 12.2. The molecular weight excluding hydrogens is 278 g/mol. The van der Waals surface area contributed by atoms with Crippen LogP contribution in [0.5, 0.6) is 0 Å². The number of carbonyl (C=O) groups is 1. The van der Waals surface area contributed by atoms with Gasteiger partial charge in [0.2, 0.25) is 0 Å². The molecule has 0 spiro atoms. The van der Waals surface area contributed by atoms with Gasteiger partial charge in [-0.15, -0.1) is 16.4 Å². The zero-order valence-electron chi connectivity index (χ0n) is 10.2. The lowest BCUT2D eigenvalue weighted by atomic mass is 10.2. The summed E-state index contributed by atoms with van der Waals surface area (Å²) in [5.74, 6) is -0.974. The van der Waals surface area contributed by atoms with Gasteiger partial charge in [-0.05, 0) is 24.3 Å². The van der Waals surface area contributed by atoms with Crippen LogP contribution in [-0.2, 0) is 6.54 Å². The number of fused-ring (bicyclic) bond motifs is 1. The van der Waals surface area contributed by atoms with E-state index in [1.165, 1.54) is 10.7 Å². The lowest BCUT2D eigenvalue weighted by molar-refractivity contribution is 0.0702. The molecule has 1 aromatic carbocycles. The summed E-state index contributed by atoms with van der Waals surface area (Å²) in [6.45, 7) is 0.217. The van der Waals surface area contributed by atoms with E-state index < -0.39 is 5.97 Å². The van der Waals surface area contributed by atoms with Crippen molar-refractivity contribution < 1.29 is 9.90 Å². The van der Waals surface area contributed by atoms with E-state index in [0.717, 1.165) is 16.2 Å². The van der Waals surface area contributed by atoms with E-state index in [-0.39, 0.29) is 17.0 Å². The molecule has 0 bridgehead atoms. The van der Waals surface area contributed by atoms with Gasteiger partial charge in [-0.25, -0.2) is 9.48 Å². The fourth-order valence-electron chi connectivity index (χ4n) is 1.85. The van der Waals surface area contributed by atoms with Gasteiger partial charge in [0, 0.05) is 4.88 Å². The molecule has 0 aliphatic rings. The second-order valence-corrected chi connectivity index (χ2v) is 5.31. The largest absolute Gasteiger partial charge is 0.477 e. The molecule has 3 rings (SSSR count). The monoisotopic (exact) mass is 287 g/mol. The normalized spacial score (nSPS) is 10.8. The first kappa shape index (κ1) is 12.5. The molecule has 2 heterocycles. The lowest BCUT2D eigenvalue weighted by Gasteiger charge is -2.02.